The number of phenolic OH excluding ortho intramolecular Hbond substituents is 1. The first-order valence-electron chi connectivity index (χ1n) is 8.56. The SMILES string of the molecule is O=c1cc2oc3cc(O)c(F)cc3c(-c3c(S(=O)(=O)O)cc(Br)cc3S(=O)(=O)O)c-2cc1F. The Balaban J connectivity index is 2.41. The molecule has 14 heteroatoms. The summed E-state index contributed by atoms with van der Waals surface area (Å²) >= 11 is 2.88. The van der Waals surface area contributed by atoms with Crippen molar-refractivity contribution in [1.29, 1.82) is 0 Å². The first-order chi connectivity index (χ1) is 15.2. The fourth-order valence-corrected chi connectivity index (χ4v) is 5.70. The summed E-state index contributed by atoms with van der Waals surface area (Å²) in [5.41, 5.74) is -3.24. The van der Waals surface area contributed by atoms with Crippen LogP contribution in [-0.4, -0.2) is 31.0 Å². The van der Waals surface area contributed by atoms with Gasteiger partial charge in [-0.05, 0) is 24.3 Å². The van der Waals surface area contributed by atoms with Crippen LogP contribution in [0.1, 0.15) is 0 Å². The smallest absolute Gasteiger partial charge is 0.295 e. The van der Waals surface area contributed by atoms with Crippen molar-refractivity contribution in [1.82, 2.24) is 0 Å². The zero-order valence-corrected chi connectivity index (χ0v) is 18.9. The van der Waals surface area contributed by atoms with Crippen LogP contribution < -0.4 is 5.43 Å². The van der Waals surface area contributed by atoms with E-state index in [4.69, 9.17) is 4.42 Å². The van der Waals surface area contributed by atoms with Crippen molar-refractivity contribution in [3.63, 3.8) is 0 Å². The van der Waals surface area contributed by atoms with Crippen LogP contribution in [0.4, 0.5) is 8.78 Å². The number of phenols is 1. The number of hydrogen-bond donors (Lipinski definition) is 3. The molecule has 0 radical (unpaired) electrons. The lowest BCUT2D eigenvalue weighted by Gasteiger charge is -2.19. The fraction of sp³-hybridized carbons (Fsp3) is 0. The predicted octanol–water partition coefficient (Wildman–Crippen LogP) is 3.80. The van der Waals surface area contributed by atoms with Gasteiger partial charge < -0.3 is 9.52 Å². The van der Waals surface area contributed by atoms with E-state index in [2.05, 4.69) is 15.9 Å². The van der Waals surface area contributed by atoms with E-state index in [0.717, 1.165) is 18.2 Å². The highest BCUT2D eigenvalue weighted by Gasteiger charge is 2.31. The van der Waals surface area contributed by atoms with E-state index in [0.29, 0.717) is 18.2 Å². The van der Waals surface area contributed by atoms with Crippen LogP contribution in [0.5, 0.6) is 5.75 Å². The minimum Gasteiger partial charge on any atom is -0.505 e. The molecule has 0 fully saturated rings. The van der Waals surface area contributed by atoms with Gasteiger partial charge in [-0.25, -0.2) is 8.78 Å². The molecule has 2 aromatic carbocycles. The van der Waals surface area contributed by atoms with Gasteiger partial charge in [0.25, 0.3) is 20.2 Å². The highest BCUT2D eigenvalue weighted by Crippen LogP contribution is 2.46. The zero-order chi connectivity index (χ0) is 24.5. The fourth-order valence-electron chi connectivity index (χ4n) is 3.38. The zero-order valence-electron chi connectivity index (χ0n) is 15.7. The van der Waals surface area contributed by atoms with Crippen molar-refractivity contribution in [3.8, 4) is 28.2 Å². The van der Waals surface area contributed by atoms with Crippen molar-refractivity contribution < 1.29 is 44.2 Å². The maximum absolute atomic E-state index is 14.3. The monoisotopic (exact) mass is 562 g/mol. The number of rotatable bonds is 3. The van der Waals surface area contributed by atoms with Gasteiger partial charge in [0.15, 0.2) is 17.4 Å². The maximum atomic E-state index is 14.3. The summed E-state index contributed by atoms with van der Waals surface area (Å²) in [6.07, 6.45) is 0. The molecular weight excluding hydrogens is 554 g/mol. The molecule has 172 valence electrons. The molecule has 0 spiro atoms. The molecule has 0 amide bonds. The topological polar surface area (TPSA) is 159 Å². The van der Waals surface area contributed by atoms with E-state index in [9.17, 15) is 44.6 Å². The van der Waals surface area contributed by atoms with Crippen molar-refractivity contribution in [2.75, 3.05) is 0 Å². The van der Waals surface area contributed by atoms with Crippen LogP contribution in [0.2, 0.25) is 0 Å². The van der Waals surface area contributed by atoms with Gasteiger partial charge in [0, 0.05) is 38.7 Å². The first kappa shape index (κ1) is 23.3. The lowest BCUT2D eigenvalue weighted by molar-refractivity contribution is 0.432. The van der Waals surface area contributed by atoms with Gasteiger partial charge in [-0.15, -0.1) is 0 Å². The Kier molecular flexibility index (Phi) is 5.33. The second-order valence-electron chi connectivity index (χ2n) is 6.78. The van der Waals surface area contributed by atoms with E-state index < -0.39 is 64.0 Å². The lowest BCUT2D eigenvalue weighted by Crippen LogP contribution is -2.11. The van der Waals surface area contributed by atoms with E-state index in [1.165, 1.54) is 0 Å². The summed E-state index contributed by atoms with van der Waals surface area (Å²) in [4.78, 5) is 9.73. The molecule has 1 aliphatic carbocycles. The third-order valence-electron chi connectivity index (χ3n) is 4.68. The Bertz CT molecular complexity index is 1680. The molecule has 0 aromatic heterocycles. The Hall–Kier alpha value is -2.91. The molecule has 33 heavy (non-hydrogen) atoms. The minimum absolute atomic E-state index is 0.183. The summed E-state index contributed by atoms with van der Waals surface area (Å²) in [5, 5.41) is 9.35. The van der Waals surface area contributed by atoms with E-state index in [-0.39, 0.29) is 26.8 Å². The van der Waals surface area contributed by atoms with Crippen LogP contribution in [0.3, 0.4) is 0 Å². The quantitative estimate of drug-likeness (QED) is 0.249. The summed E-state index contributed by atoms with van der Waals surface area (Å²) in [6.45, 7) is 0. The van der Waals surface area contributed by atoms with Crippen LogP contribution in [0.25, 0.3) is 33.4 Å². The van der Waals surface area contributed by atoms with Gasteiger partial charge >= 0.3 is 0 Å². The normalized spacial score (nSPS) is 12.5. The largest absolute Gasteiger partial charge is 0.505 e. The molecule has 0 atom stereocenters. The summed E-state index contributed by atoms with van der Waals surface area (Å²) in [7, 11) is -10.4. The third-order valence-corrected chi connectivity index (χ3v) is 6.89. The van der Waals surface area contributed by atoms with E-state index >= 15 is 0 Å². The Labute approximate surface area is 191 Å². The minimum atomic E-state index is -5.20. The molecule has 1 aliphatic heterocycles. The predicted molar refractivity (Wildman–Crippen MR) is 113 cm³/mol. The molecule has 4 rings (SSSR count). The van der Waals surface area contributed by atoms with Gasteiger partial charge in [0.05, 0.1) is 0 Å². The molecule has 0 unspecified atom stereocenters. The number of halogens is 3. The van der Waals surface area contributed by atoms with Crippen LogP contribution >= 0.6 is 15.9 Å². The molecule has 9 nitrogen and oxygen atoms in total. The average molecular weight is 563 g/mol. The van der Waals surface area contributed by atoms with E-state index in [1.807, 2.05) is 0 Å². The van der Waals surface area contributed by atoms with Crippen molar-refractivity contribution in [3.05, 3.63) is 62.7 Å². The molecular formula is C19H9BrF2O9S2. The molecule has 0 saturated carbocycles. The number of hydrogen-bond acceptors (Lipinski definition) is 7. The second kappa shape index (κ2) is 7.56. The second-order valence-corrected chi connectivity index (χ2v) is 10.5. The molecule has 1 heterocycles. The van der Waals surface area contributed by atoms with Gasteiger partial charge in [0.1, 0.15) is 21.1 Å². The lowest BCUT2D eigenvalue weighted by atomic mass is 9.93. The Morgan fingerprint density at radius 3 is 1.94 bits per heavy atom. The highest BCUT2D eigenvalue weighted by atomic mass is 79.9. The summed E-state index contributed by atoms with van der Waals surface area (Å²) < 4.78 is 102. The Morgan fingerprint density at radius 1 is 0.818 bits per heavy atom. The van der Waals surface area contributed by atoms with Gasteiger partial charge in [-0.1, -0.05) is 15.9 Å². The Morgan fingerprint density at radius 2 is 1.39 bits per heavy atom. The van der Waals surface area contributed by atoms with Gasteiger partial charge in [-0.3, -0.25) is 13.9 Å². The highest BCUT2D eigenvalue weighted by molar-refractivity contribution is 9.10. The maximum Gasteiger partial charge on any atom is 0.295 e. The van der Waals surface area contributed by atoms with Crippen molar-refractivity contribution in [2.24, 2.45) is 0 Å². The van der Waals surface area contributed by atoms with Gasteiger partial charge in [0.2, 0.25) is 5.43 Å². The van der Waals surface area contributed by atoms with Crippen LogP contribution in [0.15, 0.2) is 59.9 Å². The van der Waals surface area contributed by atoms with Crippen molar-refractivity contribution >= 4 is 47.1 Å². The van der Waals surface area contributed by atoms with E-state index in [1.54, 1.807) is 0 Å². The third kappa shape index (κ3) is 4.00. The number of fused-ring (bicyclic) bond motifs is 2. The van der Waals surface area contributed by atoms with Gasteiger partial charge in [-0.2, -0.15) is 16.8 Å². The first-order valence-corrected chi connectivity index (χ1v) is 12.2. The standard InChI is InChI=1S/C19H9BrF2O9S2/c20-7-1-16(32(25,26)27)19(17(2-7)33(28,29)30)18-8-3-10(21)12(23)5-14(8)31-15-6-13(24)11(22)4-9(15)18/h1-6,23H,(H,25,26,27)(H,28,29,30). The van der Waals surface area contributed by atoms with Crippen LogP contribution in [-0.2, 0) is 20.2 Å². The van der Waals surface area contributed by atoms with Crippen LogP contribution in [0, 0.1) is 11.6 Å². The molecule has 2 aliphatic rings. The van der Waals surface area contributed by atoms with Crippen molar-refractivity contribution in [2.45, 2.75) is 9.79 Å². The summed E-state index contributed by atoms with van der Waals surface area (Å²) in [5.74, 6) is -3.86. The average Bonchev–Trinajstić information content (AvgIpc) is 2.67. The molecule has 2 aromatic rings. The molecule has 3 N–H and O–H groups in total. The summed E-state index contributed by atoms with van der Waals surface area (Å²) in [6, 6.07) is 4.29. The number of aromatic hydroxyl groups is 1. The number of benzene rings is 3. The molecule has 0 bridgehead atoms. The molecule has 0 saturated heterocycles.